The molecular weight excluding hydrogens is 305 g/mol. The van der Waals surface area contributed by atoms with Crippen molar-refractivity contribution in [3.05, 3.63) is 83.4 Å². The summed E-state index contributed by atoms with van der Waals surface area (Å²) in [7, 11) is 1.75. The van der Waals surface area contributed by atoms with Crippen molar-refractivity contribution in [2.75, 3.05) is 7.05 Å². The molecule has 0 radical (unpaired) electrons. The molecule has 0 N–H and O–H groups in total. The van der Waals surface area contributed by atoms with E-state index >= 15 is 0 Å². The van der Waals surface area contributed by atoms with E-state index in [9.17, 15) is 9.18 Å². The predicted octanol–water partition coefficient (Wildman–Crippen LogP) is 3.59. The first kappa shape index (κ1) is 15.9. The normalized spacial score (nSPS) is 10.6. The highest BCUT2D eigenvalue weighted by Gasteiger charge is 2.17. The van der Waals surface area contributed by atoms with E-state index in [2.05, 4.69) is 5.10 Å². The number of aryl methyl sites for hydroxylation is 1. The fraction of sp³-hybridized carbons (Fsp3) is 0.158. The third-order valence-corrected chi connectivity index (χ3v) is 3.79. The molecule has 0 fully saturated rings. The molecule has 3 aromatic rings. The van der Waals surface area contributed by atoms with Gasteiger partial charge in [0, 0.05) is 19.3 Å². The Kier molecular flexibility index (Phi) is 4.42. The molecule has 4 nitrogen and oxygen atoms in total. The van der Waals surface area contributed by atoms with Gasteiger partial charge >= 0.3 is 0 Å². The number of carbonyl (C=O) groups is 1. The van der Waals surface area contributed by atoms with E-state index in [0.29, 0.717) is 12.2 Å². The molecule has 0 aliphatic carbocycles. The average molecular weight is 323 g/mol. The lowest BCUT2D eigenvalue weighted by Gasteiger charge is -2.15. The van der Waals surface area contributed by atoms with Gasteiger partial charge in [-0.3, -0.25) is 4.79 Å². The summed E-state index contributed by atoms with van der Waals surface area (Å²) in [5, 5.41) is 4.38. The van der Waals surface area contributed by atoms with Crippen molar-refractivity contribution >= 4 is 5.91 Å². The highest BCUT2D eigenvalue weighted by molar-refractivity contribution is 5.92. The fourth-order valence-electron chi connectivity index (χ4n) is 2.55. The molecule has 1 aromatic heterocycles. The number of hydrogen-bond donors (Lipinski definition) is 0. The van der Waals surface area contributed by atoms with Crippen LogP contribution in [-0.2, 0) is 6.54 Å². The van der Waals surface area contributed by atoms with Crippen LogP contribution in [0.1, 0.15) is 21.7 Å². The molecule has 3 rings (SSSR count). The SMILES string of the molecule is Cc1cc(C(=O)N(C)Cc2ccccc2)nn1-c1ccc(F)cc1. The monoisotopic (exact) mass is 323 g/mol. The highest BCUT2D eigenvalue weighted by Crippen LogP contribution is 2.14. The van der Waals surface area contributed by atoms with Crippen LogP contribution in [0.3, 0.4) is 0 Å². The van der Waals surface area contributed by atoms with Gasteiger partial charge in [0.05, 0.1) is 5.69 Å². The van der Waals surface area contributed by atoms with Gasteiger partial charge in [-0.25, -0.2) is 9.07 Å². The van der Waals surface area contributed by atoms with Gasteiger partial charge in [-0.2, -0.15) is 5.10 Å². The van der Waals surface area contributed by atoms with E-state index in [1.165, 1.54) is 12.1 Å². The zero-order chi connectivity index (χ0) is 17.1. The topological polar surface area (TPSA) is 38.1 Å². The molecule has 24 heavy (non-hydrogen) atoms. The summed E-state index contributed by atoms with van der Waals surface area (Å²) in [5.74, 6) is -0.453. The van der Waals surface area contributed by atoms with E-state index in [0.717, 1.165) is 16.9 Å². The van der Waals surface area contributed by atoms with Crippen LogP contribution in [0.5, 0.6) is 0 Å². The minimum absolute atomic E-state index is 0.150. The Morgan fingerprint density at radius 1 is 1.12 bits per heavy atom. The predicted molar refractivity (Wildman–Crippen MR) is 90.5 cm³/mol. The standard InChI is InChI=1S/C19H18FN3O/c1-14-12-18(21-23(14)17-10-8-16(20)9-11-17)19(24)22(2)13-15-6-4-3-5-7-15/h3-12H,13H2,1-2H3. The van der Waals surface area contributed by atoms with Gasteiger partial charge in [-0.15, -0.1) is 0 Å². The zero-order valence-electron chi connectivity index (χ0n) is 13.6. The Morgan fingerprint density at radius 3 is 2.46 bits per heavy atom. The van der Waals surface area contributed by atoms with Gasteiger partial charge in [0.15, 0.2) is 5.69 Å². The van der Waals surface area contributed by atoms with Gasteiger partial charge < -0.3 is 4.90 Å². The molecular formula is C19H18FN3O. The van der Waals surface area contributed by atoms with Crippen LogP contribution in [0, 0.1) is 12.7 Å². The molecule has 0 aliphatic rings. The summed E-state index contributed by atoms with van der Waals surface area (Å²) in [6.07, 6.45) is 0. The maximum absolute atomic E-state index is 13.1. The van der Waals surface area contributed by atoms with Crippen LogP contribution in [0.2, 0.25) is 0 Å². The number of aromatic nitrogens is 2. The molecule has 0 bridgehead atoms. The Morgan fingerprint density at radius 2 is 1.79 bits per heavy atom. The average Bonchev–Trinajstić information content (AvgIpc) is 2.97. The molecule has 0 unspecified atom stereocenters. The minimum Gasteiger partial charge on any atom is -0.336 e. The summed E-state index contributed by atoms with van der Waals surface area (Å²) < 4.78 is 14.7. The molecule has 0 spiro atoms. The lowest BCUT2D eigenvalue weighted by molar-refractivity contribution is 0.0779. The summed E-state index contributed by atoms with van der Waals surface area (Å²) in [6, 6.07) is 17.6. The first-order chi connectivity index (χ1) is 11.5. The van der Waals surface area contributed by atoms with Gasteiger partial charge in [0.1, 0.15) is 5.82 Å². The maximum Gasteiger partial charge on any atom is 0.274 e. The summed E-state index contributed by atoms with van der Waals surface area (Å²) >= 11 is 0. The van der Waals surface area contributed by atoms with Crippen LogP contribution >= 0.6 is 0 Å². The second-order valence-electron chi connectivity index (χ2n) is 5.71. The Hall–Kier alpha value is -2.95. The van der Waals surface area contributed by atoms with Crippen molar-refractivity contribution in [3.63, 3.8) is 0 Å². The number of carbonyl (C=O) groups excluding carboxylic acids is 1. The number of rotatable bonds is 4. The van der Waals surface area contributed by atoms with E-state index in [1.807, 2.05) is 37.3 Å². The second-order valence-corrected chi connectivity index (χ2v) is 5.71. The third kappa shape index (κ3) is 3.35. The highest BCUT2D eigenvalue weighted by atomic mass is 19.1. The molecule has 1 heterocycles. The number of hydrogen-bond acceptors (Lipinski definition) is 2. The lowest BCUT2D eigenvalue weighted by Crippen LogP contribution is -2.26. The number of halogens is 1. The summed E-state index contributed by atoms with van der Waals surface area (Å²) in [5.41, 5.74) is 2.97. The van der Waals surface area contributed by atoms with Crippen molar-refractivity contribution in [2.45, 2.75) is 13.5 Å². The van der Waals surface area contributed by atoms with Crippen LogP contribution in [0.25, 0.3) is 5.69 Å². The molecule has 2 aromatic carbocycles. The molecule has 0 aliphatic heterocycles. The van der Waals surface area contributed by atoms with Crippen molar-refractivity contribution in [3.8, 4) is 5.69 Å². The van der Waals surface area contributed by atoms with Gasteiger partial charge in [-0.1, -0.05) is 30.3 Å². The summed E-state index contributed by atoms with van der Waals surface area (Å²) in [4.78, 5) is 14.2. The first-order valence-electron chi connectivity index (χ1n) is 7.66. The van der Waals surface area contributed by atoms with Crippen molar-refractivity contribution < 1.29 is 9.18 Å². The van der Waals surface area contributed by atoms with Crippen molar-refractivity contribution in [1.29, 1.82) is 0 Å². The molecule has 0 atom stereocenters. The molecule has 5 heteroatoms. The van der Waals surface area contributed by atoms with Gasteiger partial charge in [-0.05, 0) is 42.8 Å². The molecule has 0 saturated heterocycles. The quantitative estimate of drug-likeness (QED) is 0.736. The molecule has 0 saturated carbocycles. The molecule has 1 amide bonds. The fourth-order valence-corrected chi connectivity index (χ4v) is 2.55. The maximum atomic E-state index is 13.1. The Labute approximate surface area is 140 Å². The summed E-state index contributed by atoms with van der Waals surface area (Å²) in [6.45, 7) is 2.38. The van der Waals surface area contributed by atoms with Crippen molar-refractivity contribution in [2.24, 2.45) is 0 Å². The van der Waals surface area contributed by atoms with Crippen LogP contribution in [0.15, 0.2) is 60.7 Å². The number of benzene rings is 2. The molecule has 122 valence electrons. The number of nitrogens with zero attached hydrogens (tertiary/aromatic N) is 3. The minimum atomic E-state index is -0.303. The Balaban J connectivity index is 1.81. The zero-order valence-corrected chi connectivity index (χ0v) is 13.6. The van der Waals surface area contributed by atoms with E-state index < -0.39 is 0 Å². The van der Waals surface area contributed by atoms with Gasteiger partial charge in [0.25, 0.3) is 5.91 Å². The second kappa shape index (κ2) is 6.66. The first-order valence-corrected chi connectivity index (χ1v) is 7.66. The van der Waals surface area contributed by atoms with E-state index in [-0.39, 0.29) is 11.7 Å². The lowest BCUT2D eigenvalue weighted by atomic mass is 10.2. The van der Waals surface area contributed by atoms with E-state index in [4.69, 9.17) is 0 Å². The van der Waals surface area contributed by atoms with Crippen LogP contribution in [-0.4, -0.2) is 27.6 Å². The number of amides is 1. The van der Waals surface area contributed by atoms with Crippen LogP contribution < -0.4 is 0 Å². The van der Waals surface area contributed by atoms with E-state index in [1.54, 1.807) is 34.8 Å². The smallest absolute Gasteiger partial charge is 0.274 e. The largest absolute Gasteiger partial charge is 0.336 e. The Bertz CT molecular complexity index is 841. The van der Waals surface area contributed by atoms with Gasteiger partial charge in [0.2, 0.25) is 0 Å². The van der Waals surface area contributed by atoms with Crippen molar-refractivity contribution in [1.82, 2.24) is 14.7 Å². The van der Waals surface area contributed by atoms with Crippen LogP contribution in [0.4, 0.5) is 4.39 Å². The third-order valence-electron chi connectivity index (χ3n) is 3.79.